The summed E-state index contributed by atoms with van der Waals surface area (Å²) in [6.45, 7) is 3.44. The molecule has 15 heavy (non-hydrogen) atoms. The van der Waals surface area contributed by atoms with E-state index in [0.717, 1.165) is 16.6 Å². The predicted octanol–water partition coefficient (Wildman–Crippen LogP) is 3.33. The van der Waals surface area contributed by atoms with Gasteiger partial charge in [-0.05, 0) is 26.0 Å². The molecule has 1 aromatic heterocycles. The Morgan fingerprint density at radius 3 is 2.87 bits per heavy atom. The van der Waals surface area contributed by atoms with Gasteiger partial charge < -0.3 is 10.3 Å². The van der Waals surface area contributed by atoms with Gasteiger partial charge in [-0.15, -0.1) is 0 Å². The van der Waals surface area contributed by atoms with Gasteiger partial charge in [0.2, 0.25) is 0 Å². The number of para-hydroxylation sites is 1. The summed E-state index contributed by atoms with van der Waals surface area (Å²) in [6.07, 6.45) is 1.89. The highest BCUT2D eigenvalue weighted by molar-refractivity contribution is 5.90. The molecule has 0 saturated carbocycles. The van der Waals surface area contributed by atoms with Crippen molar-refractivity contribution in [1.29, 1.82) is 0 Å². The lowest BCUT2D eigenvalue weighted by atomic mass is 10.1. The van der Waals surface area contributed by atoms with E-state index >= 15 is 0 Å². The Hall–Kier alpha value is -1.51. The van der Waals surface area contributed by atoms with E-state index in [2.05, 4.69) is 10.3 Å². The zero-order valence-electron chi connectivity index (χ0n) is 8.97. The second-order valence-electron chi connectivity index (χ2n) is 4.32. The lowest BCUT2D eigenvalue weighted by molar-refractivity contribution is 0.235. The van der Waals surface area contributed by atoms with Crippen LogP contribution in [0, 0.1) is 0 Å². The molecular weight excluding hydrogens is 191 g/mol. The Labute approximate surface area is 88.5 Å². The maximum atomic E-state index is 13.3. The highest BCUT2D eigenvalue weighted by Crippen LogP contribution is 2.22. The number of aromatic nitrogens is 1. The SMILES string of the molecule is CC(C)(F)CNc1cccc2cc[nH]c12. The molecular formula is C12H15FN2. The molecule has 0 spiro atoms. The molecule has 0 radical (unpaired) electrons. The molecule has 2 N–H and O–H groups in total. The number of fused-ring (bicyclic) bond motifs is 1. The monoisotopic (exact) mass is 206 g/mol. The minimum Gasteiger partial charge on any atom is -0.380 e. The first-order chi connectivity index (χ1) is 7.06. The van der Waals surface area contributed by atoms with Gasteiger partial charge in [0.15, 0.2) is 0 Å². The number of rotatable bonds is 3. The minimum absolute atomic E-state index is 0.311. The van der Waals surface area contributed by atoms with E-state index in [1.807, 2.05) is 30.5 Å². The molecule has 0 aliphatic carbocycles. The normalized spacial score (nSPS) is 11.9. The molecule has 0 unspecified atom stereocenters. The van der Waals surface area contributed by atoms with E-state index in [-0.39, 0.29) is 0 Å². The number of anilines is 1. The largest absolute Gasteiger partial charge is 0.380 e. The summed E-state index contributed by atoms with van der Waals surface area (Å²) in [6, 6.07) is 7.94. The number of benzene rings is 1. The Bertz CT molecular complexity index is 454. The molecule has 0 amide bonds. The summed E-state index contributed by atoms with van der Waals surface area (Å²) >= 11 is 0. The fourth-order valence-electron chi connectivity index (χ4n) is 1.54. The number of alkyl halides is 1. The van der Waals surface area contributed by atoms with Gasteiger partial charge in [0.25, 0.3) is 0 Å². The summed E-state index contributed by atoms with van der Waals surface area (Å²) in [5.41, 5.74) is 0.777. The zero-order valence-corrected chi connectivity index (χ0v) is 8.97. The van der Waals surface area contributed by atoms with Gasteiger partial charge in [-0.3, -0.25) is 0 Å². The van der Waals surface area contributed by atoms with Gasteiger partial charge >= 0.3 is 0 Å². The highest BCUT2D eigenvalue weighted by Gasteiger charge is 2.15. The van der Waals surface area contributed by atoms with Crippen molar-refractivity contribution in [2.75, 3.05) is 11.9 Å². The summed E-state index contributed by atoms with van der Waals surface area (Å²) in [4.78, 5) is 3.14. The molecule has 0 saturated heterocycles. The third-order valence-corrected chi connectivity index (χ3v) is 2.29. The van der Waals surface area contributed by atoms with Gasteiger partial charge in [-0.25, -0.2) is 4.39 Å². The molecule has 0 atom stereocenters. The van der Waals surface area contributed by atoms with Crippen LogP contribution in [-0.2, 0) is 0 Å². The van der Waals surface area contributed by atoms with Crippen LogP contribution in [0.5, 0.6) is 0 Å². The van der Waals surface area contributed by atoms with E-state index in [9.17, 15) is 4.39 Å². The molecule has 2 rings (SSSR count). The molecule has 0 bridgehead atoms. The van der Waals surface area contributed by atoms with Gasteiger partial charge in [0, 0.05) is 18.1 Å². The average Bonchev–Trinajstić information content (AvgIpc) is 2.61. The van der Waals surface area contributed by atoms with E-state index < -0.39 is 5.67 Å². The quantitative estimate of drug-likeness (QED) is 0.792. The lowest BCUT2D eigenvalue weighted by Crippen LogP contribution is -2.24. The van der Waals surface area contributed by atoms with Crippen molar-refractivity contribution < 1.29 is 4.39 Å². The highest BCUT2D eigenvalue weighted by atomic mass is 19.1. The Kier molecular flexibility index (Phi) is 2.39. The van der Waals surface area contributed by atoms with Crippen LogP contribution in [-0.4, -0.2) is 17.2 Å². The number of hydrogen-bond donors (Lipinski definition) is 2. The number of halogens is 1. The van der Waals surface area contributed by atoms with E-state index in [1.165, 1.54) is 0 Å². The van der Waals surface area contributed by atoms with Crippen molar-refractivity contribution in [2.45, 2.75) is 19.5 Å². The zero-order chi connectivity index (χ0) is 10.9. The average molecular weight is 206 g/mol. The maximum absolute atomic E-state index is 13.3. The first-order valence-corrected chi connectivity index (χ1v) is 5.05. The van der Waals surface area contributed by atoms with Crippen LogP contribution in [0.15, 0.2) is 30.5 Å². The molecule has 1 heterocycles. The topological polar surface area (TPSA) is 27.8 Å². The van der Waals surface area contributed by atoms with Crippen molar-refractivity contribution in [3.63, 3.8) is 0 Å². The second kappa shape index (κ2) is 3.57. The number of hydrogen-bond acceptors (Lipinski definition) is 1. The van der Waals surface area contributed by atoms with Crippen LogP contribution >= 0.6 is 0 Å². The van der Waals surface area contributed by atoms with Crippen LogP contribution < -0.4 is 5.32 Å². The van der Waals surface area contributed by atoms with Crippen molar-refractivity contribution in [1.82, 2.24) is 4.98 Å². The Morgan fingerprint density at radius 2 is 2.13 bits per heavy atom. The first kappa shape index (κ1) is 10.0. The van der Waals surface area contributed by atoms with Crippen molar-refractivity contribution in [3.8, 4) is 0 Å². The fourth-order valence-corrected chi connectivity index (χ4v) is 1.54. The number of aromatic amines is 1. The minimum atomic E-state index is -1.20. The second-order valence-corrected chi connectivity index (χ2v) is 4.32. The lowest BCUT2D eigenvalue weighted by Gasteiger charge is -2.16. The van der Waals surface area contributed by atoms with Gasteiger partial charge in [-0.1, -0.05) is 12.1 Å². The van der Waals surface area contributed by atoms with Crippen LogP contribution in [0.1, 0.15) is 13.8 Å². The van der Waals surface area contributed by atoms with Crippen LogP contribution in [0.25, 0.3) is 10.9 Å². The first-order valence-electron chi connectivity index (χ1n) is 5.05. The van der Waals surface area contributed by atoms with Crippen molar-refractivity contribution in [3.05, 3.63) is 30.5 Å². The standard InChI is InChI=1S/C12H15FN2/c1-12(2,13)8-15-10-5-3-4-9-6-7-14-11(9)10/h3-7,14-15H,8H2,1-2H3. The molecule has 3 heteroatoms. The van der Waals surface area contributed by atoms with Crippen LogP contribution in [0.2, 0.25) is 0 Å². The molecule has 0 aliphatic rings. The van der Waals surface area contributed by atoms with E-state index in [0.29, 0.717) is 6.54 Å². The summed E-state index contributed by atoms with van der Waals surface area (Å²) < 4.78 is 13.3. The molecule has 80 valence electrons. The van der Waals surface area contributed by atoms with E-state index in [4.69, 9.17) is 0 Å². The molecule has 2 nitrogen and oxygen atoms in total. The third-order valence-electron chi connectivity index (χ3n) is 2.29. The summed E-state index contributed by atoms with van der Waals surface area (Å²) in [5.74, 6) is 0. The summed E-state index contributed by atoms with van der Waals surface area (Å²) in [7, 11) is 0. The molecule has 0 fully saturated rings. The Balaban J connectivity index is 2.24. The number of H-pyrrole nitrogens is 1. The van der Waals surface area contributed by atoms with Crippen molar-refractivity contribution >= 4 is 16.6 Å². The third kappa shape index (κ3) is 2.29. The molecule has 2 aromatic rings. The van der Waals surface area contributed by atoms with Crippen LogP contribution in [0.3, 0.4) is 0 Å². The molecule has 0 aliphatic heterocycles. The maximum Gasteiger partial charge on any atom is 0.122 e. The fraction of sp³-hybridized carbons (Fsp3) is 0.333. The smallest absolute Gasteiger partial charge is 0.122 e. The summed E-state index contributed by atoms with van der Waals surface area (Å²) in [5, 5.41) is 4.24. The van der Waals surface area contributed by atoms with Crippen molar-refractivity contribution in [2.24, 2.45) is 0 Å². The Morgan fingerprint density at radius 1 is 1.33 bits per heavy atom. The predicted molar refractivity (Wildman–Crippen MR) is 62.0 cm³/mol. The van der Waals surface area contributed by atoms with Gasteiger partial charge in [-0.2, -0.15) is 0 Å². The van der Waals surface area contributed by atoms with E-state index in [1.54, 1.807) is 13.8 Å². The molecule has 1 aromatic carbocycles. The van der Waals surface area contributed by atoms with Crippen LogP contribution in [0.4, 0.5) is 10.1 Å². The number of nitrogens with one attached hydrogen (secondary N) is 2. The van der Waals surface area contributed by atoms with Gasteiger partial charge in [0.1, 0.15) is 5.67 Å². The van der Waals surface area contributed by atoms with Gasteiger partial charge in [0.05, 0.1) is 11.2 Å².